The molecular formula is C6H4F3N2O2-. The molecule has 0 aliphatic heterocycles. The van der Waals surface area contributed by atoms with Crippen LogP contribution in [0.3, 0.4) is 0 Å². The summed E-state index contributed by atoms with van der Waals surface area (Å²) in [6.45, 7) is 0. The Bertz CT molecular complexity index is 342. The zero-order valence-corrected chi connectivity index (χ0v) is 6.42. The maximum atomic E-state index is 12.0. The second-order valence-corrected chi connectivity index (χ2v) is 2.32. The molecule has 0 saturated carbocycles. The summed E-state index contributed by atoms with van der Waals surface area (Å²) in [6, 6.07) is 0.426. The fourth-order valence-corrected chi connectivity index (χ4v) is 0.797. The van der Waals surface area contributed by atoms with Gasteiger partial charge in [-0.2, -0.15) is 18.3 Å². The van der Waals surface area contributed by atoms with Crippen LogP contribution in [0.2, 0.25) is 0 Å². The van der Waals surface area contributed by atoms with E-state index < -0.39 is 23.5 Å². The van der Waals surface area contributed by atoms with Crippen molar-refractivity contribution in [3.63, 3.8) is 0 Å². The van der Waals surface area contributed by atoms with E-state index in [1.165, 1.54) is 0 Å². The molecule has 0 aromatic carbocycles. The molecule has 0 saturated heterocycles. The lowest BCUT2D eigenvalue weighted by Gasteiger charge is -1.99. The number of hydrogen-bond donors (Lipinski definition) is 0. The minimum Gasteiger partial charge on any atom is -0.543 e. The van der Waals surface area contributed by atoms with E-state index in [0.29, 0.717) is 10.7 Å². The Kier molecular flexibility index (Phi) is 2.02. The van der Waals surface area contributed by atoms with Gasteiger partial charge in [-0.15, -0.1) is 0 Å². The molecule has 0 radical (unpaired) electrons. The smallest absolute Gasteiger partial charge is 0.435 e. The average molecular weight is 193 g/mol. The lowest BCUT2D eigenvalue weighted by molar-refractivity contribution is -0.255. The molecular weight excluding hydrogens is 189 g/mol. The van der Waals surface area contributed by atoms with Gasteiger partial charge < -0.3 is 9.90 Å². The van der Waals surface area contributed by atoms with Crippen molar-refractivity contribution in [2.45, 2.75) is 6.18 Å². The Balaban J connectivity index is 3.17. The number of nitrogens with zero attached hydrogens (tertiary/aromatic N) is 2. The van der Waals surface area contributed by atoms with Crippen molar-refractivity contribution in [3.8, 4) is 0 Å². The predicted molar refractivity (Wildman–Crippen MR) is 32.5 cm³/mol. The van der Waals surface area contributed by atoms with Crippen molar-refractivity contribution >= 4 is 5.97 Å². The molecule has 0 aliphatic carbocycles. The van der Waals surface area contributed by atoms with E-state index in [4.69, 9.17) is 0 Å². The van der Waals surface area contributed by atoms with E-state index in [1.807, 2.05) is 0 Å². The third-order valence-electron chi connectivity index (χ3n) is 1.38. The number of halogens is 3. The largest absolute Gasteiger partial charge is 0.543 e. The first-order chi connectivity index (χ1) is 5.82. The molecule has 0 atom stereocenters. The second-order valence-electron chi connectivity index (χ2n) is 2.32. The molecule has 7 heteroatoms. The Morgan fingerprint density at radius 1 is 1.62 bits per heavy atom. The van der Waals surface area contributed by atoms with Crippen LogP contribution in [0.1, 0.15) is 16.2 Å². The van der Waals surface area contributed by atoms with Gasteiger partial charge in [-0.3, -0.25) is 4.68 Å². The van der Waals surface area contributed by atoms with Crippen molar-refractivity contribution < 1.29 is 23.1 Å². The van der Waals surface area contributed by atoms with E-state index in [2.05, 4.69) is 5.10 Å². The van der Waals surface area contributed by atoms with Crippen LogP contribution in [0, 0.1) is 0 Å². The molecule has 0 unspecified atom stereocenters. The molecule has 1 heterocycles. The minimum absolute atomic E-state index is 0.426. The molecule has 0 spiro atoms. The molecule has 0 bridgehead atoms. The number of carbonyl (C=O) groups excluding carboxylic acids is 1. The number of alkyl halides is 3. The van der Waals surface area contributed by atoms with Gasteiger partial charge in [0.15, 0.2) is 5.69 Å². The van der Waals surface area contributed by atoms with Crippen LogP contribution in [-0.2, 0) is 13.2 Å². The van der Waals surface area contributed by atoms with Gasteiger partial charge in [-0.05, 0) is 6.07 Å². The summed E-state index contributed by atoms with van der Waals surface area (Å²) in [4.78, 5) is 10.2. The summed E-state index contributed by atoms with van der Waals surface area (Å²) in [5.41, 5.74) is -1.85. The molecule has 0 aliphatic rings. The van der Waals surface area contributed by atoms with Crippen LogP contribution >= 0.6 is 0 Å². The van der Waals surface area contributed by atoms with E-state index in [0.717, 1.165) is 7.05 Å². The lowest BCUT2D eigenvalue weighted by atomic mass is 10.3. The number of rotatable bonds is 1. The highest BCUT2D eigenvalue weighted by Crippen LogP contribution is 2.28. The van der Waals surface area contributed by atoms with Crippen molar-refractivity contribution in [1.82, 2.24) is 9.78 Å². The van der Waals surface area contributed by atoms with Gasteiger partial charge in [-0.25, -0.2) is 0 Å². The van der Waals surface area contributed by atoms with Gasteiger partial charge in [0.05, 0.1) is 11.7 Å². The van der Waals surface area contributed by atoms with Crippen molar-refractivity contribution in [2.24, 2.45) is 7.05 Å². The van der Waals surface area contributed by atoms with Crippen molar-refractivity contribution in [2.75, 3.05) is 0 Å². The summed E-state index contributed by atoms with van der Waals surface area (Å²) < 4.78 is 36.5. The quantitative estimate of drug-likeness (QED) is 0.620. The van der Waals surface area contributed by atoms with E-state index in [-0.39, 0.29) is 0 Å². The van der Waals surface area contributed by atoms with E-state index >= 15 is 0 Å². The Morgan fingerprint density at radius 2 is 2.15 bits per heavy atom. The Morgan fingerprint density at radius 3 is 2.38 bits per heavy atom. The lowest BCUT2D eigenvalue weighted by Crippen LogP contribution is -2.24. The highest BCUT2D eigenvalue weighted by molar-refractivity contribution is 5.83. The Labute approximate surface area is 70.6 Å². The fraction of sp³-hybridized carbons (Fsp3) is 0.333. The Hall–Kier alpha value is -1.53. The predicted octanol–water partition coefficient (Wildman–Crippen LogP) is -0.198. The van der Waals surface area contributed by atoms with Crippen LogP contribution in [0.15, 0.2) is 6.07 Å². The van der Waals surface area contributed by atoms with E-state index in [9.17, 15) is 23.1 Å². The first kappa shape index (κ1) is 9.56. The molecule has 1 aromatic heterocycles. The van der Waals surface area contributed by atoms with Gasteiger partial charge in [0.25, 0.3) is 0 Å². The molecule has 4 nitrogen and oxygen atoms in total. The first-order valence-electron chi connectivity index (χ1n) is 3.15. The molecule has 0 fully saturated rings. The molecule has 1 aromatic rings. The van der Waals surface area contributed by atoms with Crippen LogP contribution in [0.4, 0.5) is 13.2 Å². The summed E-state index contributed by atoms with van der Waals surface area (Å²) in [7, 11) is 1.10. The van der Waals surface area contributed by atoms with Crippen LogP contribution < -0.4 is 5.11 Å². The van der Waals surface area contributed by atoms with Gasteiger partial charge in [0.1, 0.15) is 0 Å². The van der Waals surface area contributed by atoms with Crippen LogP contribution in [0.25, 0.3) is 0 Å². The molecule has 13 heavy (non-hydrogen) atoms. The summed E-state index contributed by atoms with van der Waals surface area (Å²) >= 11 is 0. The second kappa shape index (κ2) is 2.75. The van der Waals surface area contributed by atoms with Gasteiger partial charge in [-0.1, -0.05) is 0 Å². The third kappa shape index (κ3) is 1.79. The number of aryl methyl sites for hydroxylation is 1. The van der Waals surface area contributed by atoms with Crippen molar-refractivity contribution in [1.29, 1.82) is 0 Å². The highest BCUT2D eigenvalue weighted by atomic mass is 19.4. The summed E-state index contributed by atoms with van der Waals surface area (Å²) in [6.07, 6.45) is -4.63. The average Bonchev–Trinajstić information content (AvgIpc) is 2.29. The highest BCUT2D eigenvalue weighted by Gasteiger charge is 2.34. The zero-order chi connectivity index (χ0) is 10.2. The topological polar surface area (TPSA) is 58.0 Å². The summed E-state index contributed by atoms with van der Waals surface area (Å²) in [5.74, 6) is -1.69. The fourth-order valence-electron chi connectivity index (χ4n) is 0.797. The molecule has 0 amide bonds. The molecule has 1 rings (SSSR count). The molecule has 0 N–H and O–H groups in total. The maximum absolute atomic E-state index is 12.0. The van der Waals surface area contributed by atoms with Crippen LogP contribution in [-0.4, -0.2) is 15.7 Å². The number of carboxylic acid groups (broad SMARTS) is 1. The number of carboxylic acids is 1. The van der Waals surface area contributed by atoms with Gasteiger partial charge >= 0.3 is 6.18 Å². The van der Waals surface area contributed by atoms with Crippen LogP contribution in [0.5, 0.6) is 0 Å². The number of aromatic nitrogens is 2. The maximum Gasteiger partial charge on any atom is 0.435 e. The van der Waals surface area contributed by atoms with Gasteiger partial charge in [0.2, 0.25) is 0 Å². The third-order valence-corrected chi connectivity index (χ3v) is 1.38. The van der Waals surface area contributed by atoms with Crippen molar-refractivity contribution in [3.05, 3.63) is 17.5 Å². The zero-order valence-electron chi connectivity index (χ0n) is 6.42. The minimum atomic E-state index is -4.63. The molecule has 72 valence electrons. The van der Waals surface area contributed by atoms with E-state index in [1.54, 1.807) is 0 Å². The standard InChI is InChI=1S/C6H5F3N2O2/c1-11-3(5(12)13)2-4(10-11)6(7,8)9/h2H,1H3,(H,12,13)/p-1. The van der Waals surface area contributed by atoms with Gasteiger partial charge in [0, 0.05) is 7.05 Å². The SMILES string of the molecule is Cn1nc(C(F)(F)F)cc1C(=O)[O-]. The summed E-state index contributed by atoms with van der Waals surface area (Å²) in [5, 5.41) is 13.2. The number of carbonyl (C=O) groups is 1. The number of hydrogen-bond acceptors (Lipinski definition) is 3. The monoisotopic (exact) mass is 193 g/mol. The normalized spacial score (nSPS) is 11.7. The number of aromatic carboxylic acids is 1. The first-order valence-corrected chi connectivity index (χ1v) is 3.15.